The average molecular weight is 1170 g/mol. The van der Waals surface area contributed by atoms with E-state index < -0.39 is 144 Å². The third-order valence-corrected chi connectivity index (χ3v) is 20.4. The molecule has 0 aromatic heterocycles. The van der Waals surface area contributed by atoms with Crippen LogP contribution < -0.4 is 0 Å². The summed E-state index contributed by atoms with van der Waals surface area (Å²) in [5, 5.41) is 0. The molecule has 2 saturated heterocycles. The lowest BCUT2D eigenvalue weighted by Crippen LogP contribution is -2.68. The van der Waals surface area contributed by atoms with Crippen LogP contribution in [0.25, 0.3) is 0 Å². The number of carbonyl (C=O) groups excluding carboxylic acids is 9. The summed E-state index contributed by atoms with van der Waals surface area (Å²) in [5.74, 6) is -6.27. The van der Waals surface area contributed by atoms with Crippen LogP contribution in [0.5, 0.6) is 0 Å². The van der Waals surface area contributed by atoms with Crippen molar-refractivity contribution in [1.29, 1.82) is 0 Å². The monoisotopic (exact) mass is 1170 g/mol. The van der Waals surface area contributed by atoms with E-state index in [0.717, 1.165) is 113 Å². The van der Waals surface area contributed by atoms with Crippen LogP contribution >= 0.6 is 0 Å². The Labute approximate surface area is 488 Å². The number of fused-ring (bicyclic) bond motifs is 7. The van der Waals surface area contributed by atoms with Crippen LogP contribution in [0.4, 0.5) is 0 Å². The van der Waals surface area contributed by atoms with Crippen LogP contribution in [0.2, 0.25) is 0 Å². The Morgan fingerprint density at radius 3 is 1.59 bits per heavy atom. The summed E-state index contributed by atoms with van der Waals surface area (Å²) in [7, 11) is 0. The number of hydrogen-bond acceptors (Lipinski definition) is 21. The molecule has 0 unspecified atom stereocenters. The SMILES string of the molecule is CCCCCCOC(=O)[C@@]1(C)CC[C@]2(C)CC[C@]3(C)C(=CC(=O)[C@@H]4[C@@]5(C)CC[C@H](O[C@@H]6O[C@H](COC(C)=O)[C@@H](O[C@@H]7O[C@H](COC(C)=O)[C@H](OC(C)=O)[C@H](OC(C)=O)[C@H]7OC(C)=O)[C@H](OC(C)=O)[C@H]6OC(C)=O)C(C)(C)[C@@H]5CC[C@]43C)[C@@H]2C1. The second-order valence-electron chi connectivity index (χ2n) is 26.6. The standard InChI is InChI=1S/C62H92O21/c1-16-17-18-19-28-72-56(71)59(12)25-24-58(11)26-27-61(14)40(41(58)30-59)29-42(70)53-60(13)22-21-46(57(9,10)45(60)20-23-62(53,61)15)82-54-51(78-38(7)68)50(77-37(6)67)48(44(80-54)32-74-34(3)64)83-55-52(79-39(8)69)49(76-36(5)66)47(75-35(4)65)43(81-55)31-73-33(2)63/h29,41,43-55H,16-28,30-32H2,1-15H3/t41-,43+,44+,45-,46-,47-,48+,49-,50-,51+,52+,53+,54-,55-,58+,59-,60-,61+,62+/m0/s1. The van der Waals surface area contributed by atoms with Gasteiger partial charge in [0.25, 0.3) is 0 Å². The number of ether oxygens (including phenoxy) is 12. The fourth-order valence-electron chi connectivity index (χ4n) is 16.2. The first-order valence-electron chi connectivity index (χ1n) is 29.9. The summed E-state index contributed by atoms with van der Waals surface area (Å²) in [6.07, 6.45) is -3.91. The largest absolute Gasteiger partial charge is 0.465 e. The highest BCUT2D eigenvalue weighted by Crippen LogP contribution is 2.75. The number of allylic oxidation sites excluding steroid dienone is 2. The topological polar surface area (TPSA) is 264 Å². The highest BCUT2D eigenvalue weighted by molar-refractivity contribution is 5.96. The minimum Gasteiger partial charge on any atom is -0.465 e. The van der Waals surface area contributed by atoms with E-state index in [2.05, 4.69) is 55.4 Å². The first kappa shape index (κ1) is 65.6. The zero-order valence-electron chi connectivity index (χ0n) is 51.5. The van der Waals surface area contributed by atoms with Crippen LogP contribution in [0, 0.1) is 50.2 Å². The number of esters is 8. The Kier molecular flexibility index (Phi) is 20.2. The molecule has 83 heavy (non-hydrogen) atoms. The maximum atomic E-state index is 15.4. The summed E-state index contributed by atoms with van der Waals surface area (Å²) in [4.78, 5) is 119. The van der Waals surface area contributed by atoms with Crippen molar-refractivity contribution in [2.45, 2.75) is 255 Å². The van der Waals surface area contributed by atoms with Crippen LogP contribution in [0.3, 0.4) is 0 Å². The van der Waals surface area contributed by atoms with Gasteiger partial charge in [0, 0.05) is 54.4 Å². The molecular formula is C62H92O21. The van der Waals surface area contributed by atoms with Crippen molar-refractivity contribution in [3.8, 4) is 0 Å². The molecule has 5 aliphatic carbocycles. The second-order valence-corrected chi connectivity index (χ2v) is 26.6. The van der Waals surface area contributed by atoms with Crippen molar-refractivity contribution in [1.82, 2.24) is 0 Å². The molecule has 21 nitrogen and oxygen atoms in total. The normalized spacial score (nSPS) is 39.7. The molecule has 4 saturated carbocycles. The fraction of sp³-hybridized carbons (Fsp3) is 0.823. The van der Waals surface area contributed by atoms with E-state index in [1.165, 1.54) is 5.57 Å². The Hall–Kier alpha value is -4.99. The molecule has 7 aliphatic rings. The molecule has 0 bridgehead atoms. The minimum atomic E-state index is -1.84. The maximum Gasteiger partial charge on any atom is 0.311 e. The van der Waals surface area contributed by atoms with Gasteiger partial charge in [0.2, 0.25) is 0 Å². The number of unbranched alkanes of at least 4 members (excludes halogenated alkanes) is 3. The quantitative estimate of drug-likeness (QED) is 0.0511. The van der Waals surface area contributed by atoms with E-state index in [-0.39, 0.29) is 40.3 Å². The first-order chi connectivity index (χ1) is 38.7. The van der Waals surface area contributed by atoms with Gasteiger partial charge in [-0.2, -0.15) is 0 Å². The second kappa shape index (κ2) is 25.5. The van der Waals surface area contributed by atoms with E-state index in [4.69, 9.17) is 56.8 Å². The Morgan fingerprint density at radius 2 is 1.05 bits per heavy atom. The molecule has 0 amide bonds. The van der Waals surface area contributed by atoms with E-state index >= 15 is 4.79 Å². The zero-order valence-corrected chi connectivity index (χ0v) is 51.5. The highest BCUT2D eigenvalue weighted by atomic mass is 16.8. The van der Waals surface area contributed by atoms with E-state index in [1.807, 2.05) is 6.08 Å². The van der Waals surface area contributed by atoms with E-state index in [1.54, 1.807) is 0 Å². The molecule has 0 N–H and O–H groups in total. The van der Waals surface area contributed by atoms with Crippen molar-refractivity contribution >= 4 is 53.5 Å². The van der Waals surface area contributed by atoms with Crippen molar-refractivity contribution in [3.63, 3.8) is 0 Å². The molecule has 0 aromatic carbocycles. The minimum absolute atomic E-state index is 0.0405. The third kappa shape index (κ3) is 13.4. The fourth-order valence-corrected chi connectivity index (χ4v) is 16.2. The Balaban J connectivity index is 1.20. The van der Waals surface area contributed by atoms with Crippen molar-refractivity contribution in [3.05, 3.63) is 11.6 Å². The molecule has 0 radical (unpaired) electrons. The van der Waals surface area contributed by atoms with E-state index in [0.29, 0.717) is 25.9 Å². The van der Waals surface area contributed by atoms with Gasteiger partial charge in [-0.1, -0.05) is 73.3 Å². The molecule has 0 aromatic rings. The van der Waals surface area contributed by atoms with Crippen molar-refractivity contribution in [2.75, 3.05) is 19.8 Å². The lowest BCUT2D eigenvalue weighted by molar-refractivity contribution is -0.369. The molecule has 0 spiro atoms. The molecule has 7 rings (SSSR count). The predicted molar refractivity (Wildman–Crippen MR) is 293 cm³/mol. The summed E-state index contributed by atoms with van der Waals surface area (Å²) in [5.41, 5.74) is -1.47. The van der Waals surface area contributed by atoms with Crippen LogP contribution in [0.1, 0.15) is 187 Å². The van der Waals surface area contributed by atoms with Crippen LogP contribution in [-0.4, -0.2) is 141 Å². The lowest BCUT2D eigenvalue weighted by atomic mass is 9.33. The van der Waals surface area contributed by atoms with Crippen LogP contribution in [0.15, 0.2) is 11.6 Å². The van der Waals surface area contributed by atoms with Gasteiger partial charge in [0.05, 0.1) is 18.1 Å². The Morgan fingerprint density at radius 1 is 0.542 bits per heavy atom. The molecule has 19 atom stereocenters. The number of ketones is 1. The maximum absolute atomic E-state index is 15.4. The average Bonchev–Trinajstić information content (AvgIpc) is 1.24. The molecule has 6 fully saturated rings. The van der Waals surface area contributed by atoms with Gasteiger partial charge in [0.1, 0.15) is 31.5 Å². The van der Waals surface area contributed by atoms with Gasteiger partial charge in [-0.3, -0.25) is 43.2 Å². The van der Waals surface area contributed by atoms with Crippen LogP contribution in [-0.2, 0) is 100.0 Å². The molecule has 466 valence electrons. The highest BCUT2D eigenvalue weighted by Gasteiger charge is 2.71. The number of rotatable bonds is 19. The van der Waals surface area contributed by atoms with E-state index in [9.17, 15) is 38.4 Å². The van der Waals surface area contributed by atoms with Crippen molar-refractivity contribution in [2.24, 2.45) is 50.2 Å². The zero-order chi connectivity index (χ0) is 61.4. The molecule has 2 heterocycles. The molecule has 21 heteroatoms. The van der Waals surface area contributed by atoms with Crippen molar-refractivity contribution < 1.29 is 100.0 Å². The molecular weight excluding hydrogens is 1080 g/mol. The third-order valence-electron chi connectivity index (χ3n) is 20.4. The number of hydrogen-bond donors (Lipinski definition) is 0. The summed E-state index contributed by atoms with van der Waals surface area (Å²) in [6.45, 7) is 24.7. The summed E-state index contributed by atoms with van der Waals surface area (Å²) < 4.78 is 72.2. The predicted octanol–water partition coefficient (Wildman–Crippen LogP) is 8.10. The van der Waals surface area contributed by atoms with Gasteiger partial charge in [-0.25, -0.2) is 0 Å². The van der Waals surface area contributed by atoms with Gasteiger partial charge in [0.15, 0.2) is 48.9 Å². The smallest absolute Gasteiger partial charge is 0.311 e. The van der Waals surface area contributed by atoms with Gasteiger partial charge < -0.3 is 56.8 Å². The van der Waals surface area contributed by atoms with Gasteiger partial charge in [-0.05, 0) is 116 Å². The lowest BCUT2D eigenvalue weighted by Gasteiger charge is -2.70. The Bertz CT molecular complexity index is 2510. The molecule has 2 aliphatic heterocycles. The summed E-state index contributed by atoms with van der Waals surface area (Å²) >= 11 is 0. The number of carbonyl (C=O) groups is 9. The first-order valence-corrected chi connectivity index (χ1v) is 29.9. The van der Waals surface area contributed by atoms with Gasteiger partial charge >= 0.3 is 47.8 Å². The van der Waals surface area contributed by atoms with Gasteiger partial charge in [-0.15, -0.1) is 0 Å². The summed E-state index contributed by atoms with van der Waals surface area (Å²) in [6, 6.07) is 0.